The molecule has 0 aliphatic carbocycles. The van der Waals surface area contributed by atoms with Crippen molar-refractivity contribution >= 4 is 17.9 Å². The molecule has 0 fully saturated rings. The van der Waals surface area contributed by atoms with Crippen molar-refractivity contribution in [2.75, 3.05) is 20.8 Å². The highest BCUT2D eigenvalue weighted by Gasteiger charge is 2.25. The van der Waals surface area contributed by atoms with Crippen molar-refractivity contribution in [1.29, 1.82) is 0 Å². The molecule has 2 aromatic carbocycles. The van der Waals surface area contributed by atoms with Crippen molar-refractivity contribution in [3.05, 3.63) is 53.2 Å². The predicted octanol–water partition coefficient (Wildman–Crippen LogP) is 4.05. The van der Waals surface area contributed by atoms with Crippen LogP contribution in [0.3, 0.4) is 0 Å². The molecule has 158 valence electrons. The van der Waals surface area contributed by atoms with Crippen molar-refractivity contribution in [2.45, 2.75) is 13.5 Å². The van der Waals surface area contributed by atoms with Crippen LogP contribution in [0.1, 0.15) is 18.1 Å². The lowest BCUT2D eigenvalue weighted by Gasteiger charge is -2.11. The van der Waals surface area contributed by atoms with E-state index in [0.717, 1.165) is 0 Å². The Balaban J connectivity index is 1.91. The zero-order valence-electron chi connectivity index (χ0n) is 16.5. The standard InChI is InChI=1S/C21H19F2NO6/c1-4-28-18-10-12(5-7-16(18)29-21(22)23)9-14-20(25)30-19(24-14)13-6-8-15(26-2)17(11-13)27-3/h5-11,21H,4H2,1-3H3/b14-9+. The number of benzene rings is 2. The molecule has 7 nitrogen and oxygen atoms in total. The number of carbonyl (C=O) groups is 1. The highest BCUT2D eigenvalue weighted by atomic mass is 19.3. The number of rotatable bonds is 8. The minimum Gasteiger partial charge on any atom is -0.493 e. The van der Waals surface area contributed by atoms with Gasteiger partial charge >= 0.3 is 12.6 Å². The summed E-state index contributed by atoms with van der Waals surface area (Å²) in [7, 11) is 3.01. The minimum absolute atomic E-state index is 0.0461. The van der Waals surface area contributed by atoms with E-state index in [0.29, 0.717) is 22.6 Å². The first-order chi connectivity index (χ1) is 14.4. The summed E-state index contributed by atoms with van der Waals surface area (Å²) in [6, 6.07) is 9.30. The van der Waals surface area contributed by atoms with E-state index in [-0.39, 0.29) is 29.7 Å². The molecule has 3 rings (SSSR count). The van der Waals surface area contributed by atoms with Gasteiger partial charge in [-0.05, 0) is 48.9 Å². The second kappa shape index (κ2) is 9.25. The number of halogens is 2. The number of esters is 1. The van der Waals surface area contributed by atoms with Crippen LogP contribution in [0.2, 0.25) is 0 Å². The molecule has 0 saturated heterocycles. The molecule has 0 radical (unpaired) electrons. The lowest BCUT2D eigenvalue weighted by molar-refractivity contribution is -0.129. The van der Waals surface area contributed by atoms with Gasteiger partial charge in [-0.25, -0.2) is 9.79 Å². The highest BCUT2D eigenvalue weighted by molar-refractivity contribution is 6.13. The van der Waals surface area contributed by atoms with E-state index >= 15 is 0 Å². The first-order valence-corrected chi connectivity index (χ1v) is 8.91. The van der Waals surface area contributed by atoms with Gasteiger partial charge in [-0.15, -0.1) is 0 Å². The van der Waals surface area contributed by atoms with E-state index in [2.05, 4.69) is 9.73 Å². The average Bonchev–Trinajstić information content (AvgIpc) is 3.09. The number of carbonyl (C=O) groups excluding carboxylic acids is 1. The number of ether oxygens (including phenoxy) is 5. The maximum absolute atomic E-state index is 12.5. The van der Waals surface area contributed by atoms with Crippen molar-refractivity contribution < 1.29 is 37.3 Å². The first-order valence-electron chi connectivity index (χ1n) is 8.91. The monoisotopic (exact) mass is 419 g/mol. The summed E-state index contributed by atoms with van der Waals surface area (Å²) >= 11 is 0. The molecular formula is C21H19F2NO6. The summed E-state index contributed by atoms with van der Waals surface area (Å²) in [4.78, 5) is 16.5. The van der Waals surface area contributed by atoms with E-state index in [9.17, 15) is 13.6 Å². The molecule has 0 amide bonds. The minimum atomic E-state index is -2.98. The van der Waals surface area contributed by atoms with Gasteiger partial charge in [-0.1, -0.05) is 6.07 Å². The molecule has 0 spiro atoms. The normalized spacial score (nSPS) is 14.5. The molecule has 1 heterocycles. The number of nitrogens with zero attached hydrogens (tertiary/aromatic N) is 1. The Bertz CT molecular complexity index is 1000. The Morgan fingerprint density at radius 2 is 1.77 bits per heavy atom. The van der Waals surface area contributed by atoms with E-state index in [1.165, 1.54) is 38.5 Å². The second-order valence-corrected chi connectivity index (χ2v) is 5.92. The molecule has 1 aliphatic heterocycles. The van der Waals surface area contributed by atoms with Crippen LogP contribution in [0.15, 0.2) is 47.1 Å². The second-order valence-electron chi connectivity index (χ2n) is 5.92. The Labute approximate surface area is 171 Å². The SMILES string of the molecule is CCOc1cc(/C=C2/N=C(c3ccc(OC)c(OC)c3)OC2=O)ccc1OC(F)F. The Kier molecular flexibility index (Phi) is 6.51. The quantitative estimate of drug-likeness (QED) is 0.475. The van der Waals surface area contributed by atoms with Gasteiger partial charge < -0.3 is 23.7 Å². The summed E-state index contributed by atoms with van der Waals surface area (Å²) < 4.78 is 50.5. The van der Waals surface area contributed by atoms with Crippen molar-refractivity contribution in [3.63, 3.8) is 0 Å². The molecule has 2 aromatic rings. The molecule has 0 bridgehead atoms. The first kappa shape index (κ1) is 21.1. The van der Waals surface area contributed by atoms with Gasteiger partial charge in [-0.3, -0.25) is 0 Å². The van der Waals surface area contributed by atoms with Gasteiger partial charge in [0, 0.05) is 5.56 Å². The summed E-state index contributed by atoms with van der Waals surface area (Å²) in [5.41, 5.74) is 1.08. The van der Waals surface area contributed by atoms with E-state index in [1.54, 1.807) is 25.1 Å². The summed E-state index contributed by atoms with van der Waals surface area (Å²) in [6.07, 6.45) is 1.46. The Morgan fingerprint density at radius 1 is 1.03 bits per heavy atom. The van der Waals surface area contributed by atoms with E-state index in [1.807, 2.05) is 0 Å². The summed E-state index contributed by atoms with van der Waals surface area (Å²) in [5, 5.41) is 0. The van der Waals surface area contributed by atoms with Crippen LogP contribution in [-0.4, -0.2) is 39.3 Å². The number of cyclic esters (lactones) is 1. The van der Waals surface area contributed by atoms with Crippen LogP contribution in [-0.2, 0) is 9.53 Å². The molecule has 0 unspecified atom stereocenters. The zero-order valence-corrected chi connectivity index (χ0v) is 16.5. The summed E-state index contributed by atoms with van der Waals surface area (Å²) in [5.74, 6) is 0.472. The lowest BCUT2D eigenvalue weighted by atomic mass is 10.1. The van der Waals surface area contributed by atoms with E-state index in [4.69, 9.17) is 18.9 Å². The topological polar surface area (TPSA) is 75.6 Å². The van der Waals surface area contributed by atoms with E-state index < -0.39 is 12.6 Å². The van der Waals surface area contributed by atoms with Gasteiger partial charge in [0.25, 0.3) is 0 Å². The highest BCUT2D eigenvalue weighted by Crippen LogP contribution is 2.32. The number of alkyl halides is 2. The van der Waals surface area contributed by atoms with Gasteiger partial charge in [0.2, 0.25) is 5.90 Å². The molecule has 0 saturated carbocycles. The lowest BCUT2D eigenvalue weighted by Crippen LogP contribution is -2.06. The Morgan fingerprint density at radius 3 is 2.43 bits per heavy atom. The largest absolute Gasteiger partial charge is 0.493 e. The van der Waals surface area contributed by atoms with Crippen molar-refractivity contribution in [1.82, 2.24) is 0 Å². The van der Waals surface area contributed by atoms with Crippen LogP contribution in [0.25, 0.3) is 6.08 Å². The Hall–Kier alpha value is -3.62. The fraction of sp³-hybridized carbons (Fsp3) is 0.238. The van der Waals surface area contributed by atoms with Crippen LogP contribution >= 0.6 is 0 Å². The number of hydrogen-bond donors (Lipinski definition) is 0. The summed E-state index contributed by atoms with van der Waals surface area (Å²) in [6.45, 7) is -1.01. The average molecular weight is 419 g/mol. The third-order valence-electron chi connectivity index (χ3n) is 4.04. The molecule has 0 aromatic heterocycles. The maximum Gasteiger partial charge on any atom is 0.387 e. The van der Waals surface area contributed by atoms with Crippen molar-refractivity contribution in [2.24, 2.45) is 4.99 Å². The van der Waals surface area contributed by atoms with Gasteiger partial charge in [0.05, 0.1) is 20.8 Å². The molecular weight excluding hydrogens is 400 g/mol. The molecule has 9 heteroatoms. The van der Waals surface area contributed by atoms with Crippen LogP contribution in [0.4, 0.5) is 8.78 Å². The number of methoxy groups -OCH3 is 2. The third-order valence-corrected chi connectivity index (χ3v) is 4.04. The fourth-order valence-corrected chi connectivity index (χ4v) is 2.74. The third kappa shape index (κ3) is 4.68. The molecule has 0 N–H and O–H groups in total. The van der Waals surface area contributed by atoms with Crippen LogP contribution < -0.4 is 18.9 Å². The molecule has 0 atom stereocenters. The van der Waals surface area contributed by atoms with Crippen LogP contribution in [0, 0.1) is 0 Å². The van der Waals surface area contributed by atoms with Crippen molar-refractivity contribution in [3.8, 4) is 23.0 Å². The molecule has 30 heavy (non-hydrogen) atoms. The van der Waals surface area contributed by atoms with Gasteiger partial charge in [0.15, 0.2) is 28.7 Å². The predicted molar refractivity (Wildman–Crippen MR) is 104 cm³/mol. The molecule has 1 aliphatic rings. The fourth-order valence-electron chi connectivity index (χ4n) is 2.74. The maximum atomic E-state index is 12.5. The van der Waals surface area contributed by atoms with Gasteiger partial charge in [-0.2, -0.15) is 8.78 Å². The number of hydrogen-bond acceptors (Lipinski definition) is 7. The van der Waals surface area contributed by atoms with Crippen LogP contribution in [0.5, 0.6) is 23.0 Å². The zero-order chi connectivity index (χ0) is 21.7. The van der Waals surface area contributed by atoms with Gasteiger partial charge in [0.1, 0.15) is 0 Å². The smallest absolute Gasteiger partial charge is 0.387 e. The number of aliphatic imine (C=N–C) groups is 1.